The second kappa shape index (κ2) is 5.39. The van der Waals surface area contributed by atoms with Gasteiger partial charge in [-0.15, -0.1) is 0 Å². The summed E-state index contributed by atoms with van der Waals surface area (Å²) in [6.45, 7) is 3.83. The van der Waals surface area contributed by atoms with Crippen molar-refractivity contribution in [2.24, 2.45) is 11.8 Å². The fourth-order valence-corrected chi connectivity index (χ4v) is 1.28. The van der Waals surface area contributed by atoms with Gasteiger partial charge in [-0.1, -0.05) is 13.8 Å². The summed E-state index contributed by atoms with van der Waals surface area (Å²) in [6, 6.07) is 6.21. The molecule has 1 aromatic rings. The highest BCUT2D eigenvalue weighted by molar-refractivity contribution is 5.70. The smallest absolute Gasteiger partial charge is 0.310 e. The Bertz CT molecular complexity index is 343. The number of benzene rings is 1. The Hall–Kier alpha value is -1.71. The van der Waals surface area contributed by atoms with Gasteiger partial charge in [-0.25, -0.2) is 0 Å². The summed E-state index contributed by atoms with van der Waals surface area (Å²) in [5.41, 5.74) is 0. The molecule has 0 aromatic heterocycles. The number of aromatic hydroxyl groups is 1. The van der Waals surface area contributed by atoms with Gasteiger partial charge >= 0.3 is 5.97 Å². The van der Waals surface area contributed by atoms with Crippen LogP contribution in [-0.4, -0.2) is 22.8 Å². The fraction of sp³-hybridized carbons (Fsp3) is 0.417. The Morgan fingerprint density at radius 3 is 2.31 bits per heavy atom. The van der Waals surface area contributed by atoms with Crippen LogP contribution in [0.15, 0.2) is 24.3 Å². The zero-order valence-electron chi connectivity index (χ0n) is 9.38. The number of carboxylic acids is 1. The molecule has 4 nitrogen and oxygen atoms in total. The molecule has 0 aliphatic carbocycles. The molecule has 0 saturated heterocycles. The van der Waals surface area contributed by atoms with Crippen LogP contribution >= 0.6 is 0 Å². The van der Waals surface area contributed by atoms with Crippen molar-refractivity contribution in [1.29, 1.82) is 0 Å². The van der Waals surface area contributed by atoms with E-state index in [0.29, 0.717) is 5.75 Å². The maximum atomic E-state index is 10.9. The predicted molar refractivity (Wildman–Crippen MR) is 59.6 cm³/mol. The molecule has 0 heterocycles. The predicted octanol–water partition coefficient (Wildman–Crippen LogP) is 2.13. The number of carbonyl (C=O) groups is 1. The maximum Gasteiger partial charge on any atom is 0.310 e. The van der Waals surface area contributed by atoms with E-state index in [9.17, 15) is 4.79 Å². The summed E-state index contributed by atoms with van der Waals surface area (Å²) in [4.78, 5) is 10.9. The van der Waals surface area contributed by atoms with Crippen molar-refractivity contribution >= 4 is 5.97 Å². The SMILES string of the molecule is CC(C)C(COc1ccc(O)cc1)C(=O)O. The van der Waals surface area contributed by atoms with Crippen molar-refractivity contribution in [3.8, 4) is 11.5 Å². The van der Waals surface area contributed by atoms with E-state index < -0.39 is 11.9 Å². The number of phenols is 1. The number of aliphatic carboxylic acids is 1. The normalized spacial score (nSPS) is 12.4. The van der Waals surface area contributed by atoms with E-state index in [1.54, 1.807) is 12.1 Å². The molecule has 1 atom stereocenters. The summed E-state index contributed by atoms with van der Waals surface area (Å²) in [7, 11) is 0. The molecule has 0 amide bonds. The van der Waals surface area contributed by atoms with Gasteiger partial charge in [-0.2, -0.15) is 0 Å². The summed E-state index contributed by atoms with van der Waals surface area (Å²) in [5.74, 6) is -0.632. The average Bonchev–Trinajstić information content (AvgIpc) is 2.20. The van der Waals surface area contributed by atoms with E-state index in [2.05, 4.69) is 0 Å². The third-order valence-corrected chi connectivity index (χ3v) is 2.39. The standard InChI is InChI=1S/C12H16O4/c1-8(2)11(12(14)15)7-16-10-5-3-9(13)4-6-10/h3-6,8,11,13H,7H2,1-2H3,(H,14,15). The number of ether oxygens (including phenoxy) is 1. The molecular formula is C12H16O4. The van der Waals surface area contributed by atoms with Gasteiger partial charge in [0.05, 0.1) is 5.92 Å². The second-order valence-corrected chi connectivity index (χ2v) is 3.99. The fourth-order valence-electron chi connectivity index (χ4n) is 1.28. The molecule has 1 unspecified atom stereocenters. The zero-order chi connectivity index (χ0) is 12.1. The third kappa shape index (κ3) is 3.46. The molecule has 0 radical (unpaired) electrons. The van der Waals surface area contributed by atoms with Gasteiger partial charge in [0.25, 0.3) is 0 Å². The largest absolute Gasteiger partial charge is 0.508 e. The number of rotatable bonds is 5. The monoisotopic (exact) mass is 224 g/mol. The Kier molecular flexibility index (Phi) is 4.17. The maximum absolute atomic E-state index is 10.9. The van der Waals surface area contributed by atoms with Crippen LogP contribution < -0.4 is 4.74 Å². The molecule has 2 N–H and O–H groups in total. The molecule has 0 saturated carbocycles. The lowest BCUT2D eigenvalue weighted by Crippen LogP contribution is -2.26. The van der Waals surface area contributed by atoms with Crippen LogP contribution in [0.5, 0.6) is 11.5 Å². The lowest BCUT2D eigenvalue weighted by atomic mass is 9.97. The van der Waals surface area contributed by atoms with Crippen LogP contribution in [0.4, 0.5) is 0 Å². The Labute approximate surface area is 94.5 Å². The molecule has 0 aliphatic rings. The number of hydrogen-bond acceptors (Lipinski definition) is 3. The van der Waals surface area contributed by atoms with Crippen molar-refractivity contribution in [3.63, 3.8) is 0 Å². The van der Waals surface area contributed by atoms with Crippen LogP contribution in [0.1, 0.15) is 13.8 Å². The molecule has 0 fully saturated rings. The molecule has 0 spiro atoms. The van der Waals surface area contributed by atoms with E-state index in [4.69, 9.17) is 14.9 Å². The number of hydrogen-bond donors (Lipinski definition) is 2. The minimum atomic E-state index is -0.853. The molecule has 16 heavy (non-hydrogen) atoms. The first-order valence-electron chi connectivity index (χ1n) is 5.15. The average molecular weight is 224 g/mol. The van der Waals surface area contributed by atoms with Crippen LogP contribution in [0.3, 0.4) is 0 Å². The lowest BCUT2D eigenvalue weighted by Gasteiger charge is -2.16. The van der Waals surface area contributed by atoms with Gasteiger partial charge in [0, 0.05) is 0 Å². The summed E-state index contributed by atoms with van der Waals surface area (Å²) in [5, 5.41) is 18.0. The Morgan fingerprint density at radius 1 is 1.31 bits per heavy atom. The second-order valence-electron chi connectivity index (χ2n) is 3.99. The highest BCUT2D eigenvalue weighted by atomic mass is 16.5. The highest BCUT2D eigenvalue weighted by Crippen LogP contribution is 2.18. The first kappa shape index (κ1) is 12.4. The van der Waals surface area contributed by atoms with E-state index >= 15 is 0 Å². The molecule has 88 valence electrons. The van der Waals surface area contributed by atoms with E-state index in [-0.39, 0.29) is 18.3 Å². The molecule has 0 bridgehead atoms. The summed E-state index contributed by atoms with van der Waals surface area (Å²) in [6.07, 6.45) is 0. The topological polar surface area (TPSA) is 66.8 Å². The van der Waals surface area contributed by atoms with E-state index in [1.165, 1.54) is 12.1 Å². The van der Waals surface area contributed by atoms with Crippen LogP contribution in [0.2, 0.25) is 0 Å². The van der Waals surface area contributed by atoms with Crippen molar-refractivity contribution < 1.29 is 19.7 Å². The van der Waals surface area contributed by atoms with Crippen LogP contribution in [0, 0.1) is 11.8 Å². The minimum Gasteiger partial charge on any atom is -0.508 e. The molecule has 1 rings (SSSR count). The van der Waals surface area contributed by atoms with Crippen molar-refractivity contribution in [1.82, 2.24) is 0 Å². The van der Waals surface area contributed by atoms with Crippen molar-refractivity contribution in [3.05, 3.63) is 24.3 Å². The first-order chi connectivity index (χ1) is 7.50. The van der Waals surface area contributed by atoms with Gasteiger partial charge in [-0.05, 0) is 30.2 Å². The number of carboxylic acid groups (broad SMARTS) is 1. The molecule has 0 aliphatic heterocycles. The third-order valence-electron chi connectivity index (χ3n) is 2.39. The van der Waals surface area contributed by atoms with Crippen molar-refractivity contribution in [2.75, 3.05) is 6.61 Å². The van der Waals surface area contributed by atoms with Gasteiger partial charge < -0.3 is 14.9 Å². The van der Waals surface area contributed by atoms with E-state index in [0.717, 1.165) is 0 Å². The summed E-state index contributed by atoms with van der Waals surface area (Å²) < 4.78 is 5.35. The quantitative estimate of drug-likeness (QED) is 0.804. The zero-order valence-corrected chi connectivity index (χ0v) is 9.38. The lowest BCUT2D eigenvalue weighted by molar-refractivity contribution is -0.144. The van der Waals surface area contributed by atoms with Gasteiger partial charge in [0.1, 0.15) is 18.1 Å². The Balaban J connectivity index is 2.55. The van der Waals surface area contributed by atoms with Crippen LogP contribution in [0.25, 0.3) is 0 Å². The number of phenolic OH excluding ortho intramolecular Hbond substituents is 1. The first-order valence-corrected chi connectivity index (χ1v) is 5.15. The highest BCUT2D eigenvalue weighted by Gasteiger charge is 2.22. The Morgan fingerprint density at radius 2 is 1.88 bits per heavy atom. The molecule has 1 aromatic carbocycles. The van der Waals surface area contributed by atoms with Gasteiger partial charge in [0.2, 0.25) is 0 Å². The molecule has 4 heteroatoms. The van der Waals surface area contributed by atoms with E-state index in [1.807, 2.05) is 13.8 Å². The summed E-state index contributed by atoms with van der Waals surface area (Å²) >= 11 is 0. The van der Waals surface area contributed by atoms with Gasteiger partial charge in [0.15, 0.2) is 0 Å². The minimum absolute atomic E-state index is 0.0228. The van der Waals surface area contributed by atoms with Gasteiger partial charge in [-0.3, -0.25) is 4.79 Å². The van der Waals surface area contributed by atoms with Crippen molar-refractivity contribution in [2.45, 2.75) is 13.8 Å². The molecular weight excluding hydrogens is 208 g/mol. The van der Waals surface area contributed by atoms with Crippen LogP contribution in [-0.2, 0) is 4.79 Å².